The molecule has 22 heavy (non-hydrogen) atoms. The summed E-state index contributed by atoms with van der Waals surface area (Å²) in [5.41, 5.74) is 0. The van der Waals surface area contributed by atoms with E-state index in [-0.39, 0.29) is 5.92 Å². The number of rotatable bonds is 6. The number of allylic oxidation sites excluding steroid dienone is 1. The number of nitrogens with one attached hydrogen (secondary N) is 2. The van der Waals surface area contributed by atoms with Crippen molar-refractivity contribution < 1.29 is 22.8 Å². The van der Waals surface area contributed by atoms with Crippen LogP contribution < -0.4 is 10.6 Å². The van der Waals surface area contributed by atoms with Crippen molar-refractivity contribution in [2.45, 2.75) is 26.1 Å². The Morgan fingerprint density at radius 2 is 1.95 bits per heavy atom. The van der Waals surface area contributed by atoms with Crippen LogP contribution in [-0.2, 0) is 9.59 Å². The van der Waals surface area contributed by atoms with Crippen LogP contribution in [0.25, 0.3) is 0 Å². The number of carbonyl (C=O) groups excluding carboxylic acids is 2. The summed E-state index contributed by atoms with van der Waals surface area (Å²) in [4.78, 5) is 26.7. The van der Waals surface area contributed by atoms with Crippen molar-refractivity contribution in [1.82, 2.24) is 10.3 Å². The van der Waals surface area contributed by atoms with Gasteiger partial charge in [-0.05, 0) is 18.1 Å². The molecule has 0 aromatic carbocycles. The van der Waals surface area contributed by atoms with Gasteiger partial charge in [-0.2, -0.15) is 13.2 Å². The van der Waals surface area contributed by atoms with Crippen LogP contribution in [0.15, 0.2) is 36.7 Å². The number of aromatic nitrogens is 1. The average Bonchev–Trinajstić information content (AvgIpc) is 2.42. The SMILES string of the molecule is CC(C)C(N/C=C/C(=O)C(F)(F)F)C(=O)Nc1ccccn1. The molecule has 0 spiro atoms. The lowest BCUT2D eigenvalue weighted by molar-refractivity contribution is -0.165. The van der Waals surface area contributed by atoms with E-state index in [4.69, 9.17) is 0 Å². The molecular formula is C14H16F3N3O2. The van der Waals surface area contributed by atoms with E-state index in [2.05, 4.69) is 15.6 Å². The predicted octanol–water partition coefficient (Wildman–Crippen LogP) is 2.28. The molecule has 0 fully saturated rings. The molecule has 0 aliphatic carbocycles. The molecule has 1 heterocycles. The van der Waals surface area contributed by atoms with Gasteiger partial charge in [0.15, 0.2) is 0 Å². The van der Waals surface area contributed by atoms with Gasteiger partial charge in [0.2, 0.25) is 5.91 Å². The van der Waals surface area contributed by atoms with E-state index < -0.39 is 23.9 Å². The summed E-state index contributed by atoms with van der Waals surface area (Å²) in [5.74, 6) is -2.34. The van der Waals surface area contributed by atoms with Gasteiger partial charge >= 0.3 is 6.18 Å². The molecule has 1 aromatic heterocycles. The number of carbonyl (C=O) groups is 2. The number of alkyl halides is 3. The number of ketones is 1. The fraction of sp³-hybridized carbons (Fsp3) is 0.357. The van der Waals surface area contributed by atoms with Crippen molar-refractivity contribution in [3.05, 3.63) is 36.7 Å². The van der Waals surface area contributed by atoms with E-state index >= 15 is 0 Å². The van der Waals surface area contributed by atoms with Crippen LogP contribution in [0.5, 0.6) is 0 Å². The van der Waals surface area contributed by atoms with Crippen molar-refractivity contribution in [3.63, 3.8) is 0 Å². The first-order valence-electron chi connectivity index (χ1n) is 6.47. The summed E-state index contributed by atoms with van der Waals surface area (Å²) in [6.45, 7) is 3.43. The summed E-state index contributed by atoms with van der Waals surface area (Å²) < 4.78 is 36.2. The van der Waals surface area contributed by atoms with Gasteiger partial charge in [0.25, 0.3) is 5.78 Å². The molecule has 120 valence electrons. The fourth-order valence-electron chi connectivity index (χ4n) is 1.53. The number of hydrogen-bond donors (Lipinski definition) is 2. The number of hydrogen-bond acceptors (Lipinski definition) is 4. The molecule has 1 aromatic rings. The molecule has 1 atom stereocenters. The number of pyridine rings is 1. The Hall–Kier alpha value is -2.38. The Morgan fingerprint density at radius 3 is 2.45 bits per heavy atom. The summed E-state index contributed by atoms with van der Waals surface area (Å²) in [6.07, 6.45) is -2.25. The summed E-state index contributed by atoms with van der Waals surface area (Å²) in [7, 11) is 0. The second-order valence-corrected chi connectivity index (χ2v) is 4.79. The van der Waals surface area contributed by atoms with Gasteiger partial charge in [-0.15, -0.1) is 0 Å². The lowest BCUT2D eigenvalue weighted by atomic mass is 10.0. The molecule has 1 amide bonds. The van der Waals surface area contributed by atoms with Gasteiger partial charge in [-0.25, -0.2) is 4.98 Å². The minimum absolute atomic E-state index is 0.214. The number of halogens is 3. The zero-order valence-corrected chi connectivity index (χ0v) is 12.0. The van der Waals surface area contributed by atoms with Gasteiger partial charge in [-0.3, -0.25) is 9.59 Å². The smallest absolute Gasteiger partial charge is 0.379 e. The summed E-state index contributed by atoms with van der Waals surface area (Å²) >= 11 is 0. The highest BCUT2D eigenvalue weighted by Crippen LogP contribution is 2.16. The van der Waals surface area contributed by atoms with E-state index in [1.54, 1.807) is 32.0 Å². The molecule has 0 saturated carbocycles. The van der Waals surface area contributed by atoms with E-state index in [0.29, 0.717) is 11.9 Å². The quantitative estimate of drug-likeness (QED) is 0.790. The van der Waals surface area contributed by atoms with Gasteiger partial charge < -0.3 is 10.6 Å². The van der Waals surface area contributed by atoms with Crippen LogP contribution in [-0.4, -0.2) is 28.9 Å². The highest BCUT2D eigenvalue weighted by Gasteiger charge is 2.36. The van der Waals surface area contributed by atoms with Crippen LogP contribution >= 0.6 is 0 Å². The van der Waals surface area contributed by atoms with Gasteiger partial charge in [-0.1, -0.05) is 19.9 Å². The Balaban J connectivity index is 2.68. The number of anilines is 1. The van der Waals surface area contributed by atoms with Crippen molar-refractivity contribution in [2.75, 3.05) is 5.32 Å². The van der Waals surface area contributed by atoms with E-state index in [0.717, 1.165) is 6.20 Å². The maximum absolute atomic E-state index is 12.1. The monoisotopic (exact) mass is 315 g/mol. The Kier molecular flexibility index (Phi) is 6.09. The number of amides is 1. The Bertz CT molecular complexity index is 542. The molecule has 0 bridgehead atoms. The molecule has 0 saturated heterocycles. The van der Waals surface area contributed by atoms with Gasteiger partial charge in [0, 0.05) is 18.5 Å². The average molecular weight is 315 g/mol. The molecule has 0 aliphatic rings. The Labute approximate surface area is 125 Å². The minimum Gasteiger partial charge on any atom is -0.379 e. The van der Waals surface area contributed by atoms with E-state index in [1.807, 2.05) is 0 Å². The van der Waals surface area contributed by atoms with Crippen LogP contribution in [0.2, 0.25) is 0 Å². The molecule has 5 nitrogen and oxygen atoms in total. The topological polar surface area (TPSA) is 71.1 Å². The second kappa shape index (κ2) is 7.58. The van der Waals surface area contributed by atoms with Gasteiger partial charge in [0.05, 0.1) is 0 Å². The van der Waals surface area contributed by atoms with Crippen LogP contribution in [0.1, 0.15) is 13.8 Å². The molecule has 0 aliphatic heterocycles. The first-order chi connectivity index (χ1) is 10.2. The predicted molar refractivity (Wildman–Crippen MR) is 74.8 cm³/mol. The minimum atomic E-state index is -4.93. The summed E-state index contributed by atoms with van der Waals surface area (Å²) in [6, 6.07) is 4.14. The summed E-state index contributed by atoms with van der Waals surface area (Å²) in [5, 5.41) is 5.04. The zero-order valence-electron chi connectivity index (χ0n) is 12.0. The van der Waals surface area contributed by atoms with Crippen molar-refractivity contribution in [1.29, 1.82) is 0 Å². The highest BCUT2D eigenvalue weighted by atomic mass is 19.4. The largest absolute Gasteiger partial charge is 0.454 e. The maximum Gasteiger partial charge on any atom is 0.454 e. The molecule has 1 unspecified atom stereocenters. The fourth-order valence-corrected chi connectivity index (χ4v) is 1.53. The van der Waals surface area contributed by atoms with E-state index in [1.165, 1.54) is 6.20 Å². The molecule has 0 radical (unpaired) electrons. The van der Waals surface area contributed by atoms with Crippen molar-refractivity contribution >= 4 is 17.5 Å². The van der Waals surface area contributed by atoms with Gasteiger partial charge in [0.1, 0.15) is 11.9 Å². The lowest BCUT2D eigenvalue weighted by Gasteiger charge is -2.20. The second-order valence-electron chi connectivity index (χ2n) is 4.79. The maximum atomic E-state index is 12.1. The van der Waals surface area contributed by atoms with E-state index in [9.17, 15) is 22.8 Å². The molecule has 8 heteroatoms. The Morgan fingerprint density at radius 1 is 1.27 bits per heavy atom. The first kappa shape index (κ1) is 17.7. The molecular weight excluding hydrogens is 299 g/mol. The third-order valence-corrected chi connectivity index (χ3v) is 2.66. The van der Waals surface area contributed by atoms with Crippen molar-refractivity contribution in [3.8, 4) is 0 Å². The number of nitrogens with zero attached hydrogens (tertiary/aromatic N) is 1. The van der Waals surface area contributed by atoms with Crippen LogP contribution in [0.4, 0.5) is 19.0 Å². The third kappa shape index (κ3) is 5.55. The standard InChI is InChI=1S/C14H16F3N3O2/c1-9(2)12(19-8-6-10(21)14(15,16)17)13(22)20-11-5-3-4-7-18-11/h3-9,12,19H,1-2H3,(H,18,20,22)/b8-6+. The molecule has 1 rings (SSSR count). The normalized spacial score (nSPS) is 13.2. The highest BCUT2D eigenvalue weighted by molar-refractivity contribution is 5.95. The third-order valence-electron chi connectivity index (χ3n) is 2.66. The van der Waals surface area contributed by atoms with Crippen LogP contribution in [0.3, 0.4) is 0 Å². The zero-order chi connectivity index (χ0) is 16.8. The lowest BCUT2D eigenvalue weighted by Crippen LogP contribution is -2.42. The molecule has 2 N–H and O–H groups in total. The van der Waals surface area contributed by atoms with Crippen molar-refractivity contribution in [2.24, 2.45) is 5.92 Å². The first-order valence-corrected chi connectivity index (χ1v) is 6.47. The van der Waals surface area contributed by atoms with Crippen LogP contribution in [0, 0.1) is 5.92 Å².